The Morgan fingerprint density at radius 1 is 1.22 bits per heavy atom. The minimum atomic E-state index is -0.296. The van der Waals surface area contributed by atoms with Gasteiger partial charge in [-0.15, -0.1) is 11.3 Å². The minimum Gasteiger partial charge on any atom is -0.336 e. The van der Waals surface area contributed by atoms with Crippen molar-refractivity contribution in [1.29, 1.82) is 0 Å². The Hall–Kier alpha value is -1.92. The summed E-state index contributed by atoms with van der Waals surface area (Å²) >= 11 is 1.79. The lowest BCUT2D eigenvalue weighted by atomic mass is 10.2. The fraction of sp³-hybridized carbons (Fsp3) is 0.412. The molecule has 23 heavy (non-hydrogen) atoms. The number of H-pyrrole nitrogens is 1. The van der Waals surface area contributed by atoms with Crippen LogP contribution in [0.25, 0.3) is 0 Å². The molecule has 122 valence electrons. The third kappa shape index (κ3) is 3.89. The highest BCUT2D eigenvalue weighted by Crippen LogP contribution is 2.11. The van der Waals surface area contributed by atoms with Crippen molar-refractivity contribution in [3.63, 3.8) is 0 Å². The molecule has 2 aromatic heterocycles. The number of carbonyl (C=O) groups excluding carboxylic acids is 1. The standard InChI is InChI=1S/C17H21N3O2S/c1-13-4-5-15(16(21)18-13)17(22)20-10-8-19(9-11-20)7-6-14-3-2-12-23-14/h2-5,12H,6-11H2,1H3,(H,18,21). The van der Waals surface area contributed by atoms with Gasteiger partial charge >= 0.3 is 0 Å². The van der Waals surface area contributed by atoms with Crippen LogP contribution in [-0.2, 0) is 6.42 Å². The lowest BCUT2D eigenvalue weighted by Gasteiger charge is -2.34. The van der Waals surface area contributed by atoms with Crippen molar-refractivity contribution >= 4 is 17.2 Å². The van der Waals surface area contributed by atoms with E-state index in [9.17, 15) is 9.59 Å². The van der Waals surface area contributed by atoms with Crippen molar-refractivity contribution < 1.29 is 4.79 Å². The highest BCUT2D eigenvalue weighted by atomic mass is 32.1. The zero-order valence-corrected chi connectivity index (χ0v) is 14.1. The number of nitrogens with one attached hydrogen (secondary N) is 1. The van der Waals surface area contributed by atoms with Gasteiger partial charge in [-0.2, -0.15) is 0 Å². The number of pyridine rings is 1. The first-order valence-electron chi connectivity index (χ1n) is 7.87. The monoisotopic (exact) mass is 331 g/mol. The van der Waals surface area contributed by atoms with Crippen molar-refractivity contribution in [3.8, 4) is 0 Å². The second kappa shape index (κ2) is 7.10. The SMILES string of the molecule is Cc1ccc(C(=O)N2CCN(CCc3cccs3)CC2)c(=O)[nH]1. The van der Waals surface area contributed by atoms with Gasteiger partial charge in [0.05, 0.1) is 0 Å². The number of amides is 1. The summed E-state index contributed by atoms with van der Waals surface area (Å²) in [5.74, 6) is -0.163. The van der Waals surface area contributed by atoms with Crippen molar-refractivity contribution in [2.75, 3.05) is 32.7 Å². The van der Waals surface area contributed by atoms with E-state index in [1.807, 2.05) is 6.92 Å². The number of hydrogen-bond acceptors (Lipinski definition) is 4. The zero-order valence-electron chi connectivity index (χ0n) is 13.2. The predicted octanol–water partition coefficient (Wildman–Crippen LogP) is 1.75. The molecule has 1 fully saturated rings. The molecule has 5 nitrogen and oxygen atoms in total. The van der Waals surface area contributed by atoms with Crippen molar-refractivity contribution in [2.45, 2.75) is 13.3 Å². The normalized spacial score (nSPS) is 15.8. The van der Waals surface area contributed by atoms with Gasteiger partial charge in [0.15, 0.2) is 0 Å². The van der Waals surface area contributed by atoms with Crippen LogP contribution in [0.15, 0.2) is 34.4 Å². The first kappa shape index (κ1) is 16.0. The number of carbonyl (C=O) groups is 1. The van der Waals surface area contributed by atoms with Crippen LogP contribution in [0.2, 0.25) is 0 Å². The van der Waals surface area contributed by atoms with E-state index in [1.54, 1.807) is 28.4 Å². The van der Waals surface area contributed by atoms with E-state index in [4.69, 9.17) is 0 Å². The highest BCUT2D eigenvalue weighted by Gasteiger charge is 2.23. The molecule has 2 aromatic rings. The molecule has 6 heteroatoms. The Morgan fingerprint density at radius 2 is 2.00 bits per heavy atom. The molecule has 0 bridgehead atoms. The van der Waals surface area contributed by atoms with Crippen LogP contribution in [0.3, 0.4) is 0 Å². The molecule has 1 aliphatic heterocycles. The Kier molecular flexibility index (Phi) is 4.93. The number of thiophene rings is 1. The molecular weight excluding hydrogens is 310 g/mol. The highest BCUT2D eigenvalue weighted by molar-refractivity contribution is 7.09. The van der Waals surface area contributed by atoms with E-state index in [0.29, 0.717) is 13.1 Å². The van der Waals surface area contributed by atoms with Crippen LogP contribution in [0.4, 0.5) is 0 Å². The Morgan fingerprint density at radius 3 is 2.65 bits per heavy atom. The lowest BCUT2D eigenvalue weighted by Crippen LogP contribution is -2.49. The van der Waals surface area contributed by atoms with E-state index in [2.05, 4.69) is 27.4 Å². The lowest BCUT2D eigenvalue weighted by molar-refractivity contribution is 0.0637. The molecule has 0 saturated carbocycles. The number of piperazine rings is 1. The van der Waals surface area contributed by atoms with Crippen molar-refractivity contribution in [1.82, 2.24) is 14.8 Å². The van der Waals surface area contributed by atoms with Crippen LogP contribution in [0.5, 0.6) is 0 Å². The molecule has 3 heterocycles. The summed E-state index contributed by atoms with van der Waals surface area (Å²) in [4.78, 5) is 32.6. The van der Waals surface area contributed by atoms with Gasteiger partial charge in [-0.25, -0.2) is 0 Å². The summed E-state index contributed by atoms with van der Waals surface area (Å²) in [7, 11) is 0. The second-order valence-corrected chi connectivity index (χ2v) is 6.88. The van der Waals surface area contributed by atoms with Gasteiger partial charge in [-0.1, -0.05) is 6.07 Å². The van der Waals surface area contributed by atoms with E-state index < -0.39 is 0 Å². The number of aryl methyl sites for hydroxylation is 1. The van der Waals surface area contributed by atoms with Gasteiger partial charge in [0, 0.05) is 43.3 Å². The van der Waals surface area contributed by atoms with Crippen LogP contribution in [0, 0.1) is 6.92 Å². The Bertz CT molecular complexity index is 716. The smallest absolute Gasteiger partial charge is 0.260 e. The third-order valence-electron chi connectivity index (χ3n) is 4.20. The predicted molar refractivity (Wildman–Crippen MR) is 92.2 cm³/mol. The molecule has 0 atom stereocenters. The van der Waals surface area contributed by atoms with Crippen molar-refractivity contribution in [2.24, 2.45) is 0 Å². The van der Waals surface area contributed by atoms with Gasteiger partial charge in [0.2, 0.25) is 0 Å². The maximum absolute atomic E-state index is 12.5. The van der Waals surface area contributed by atoms with E-state index >= 15 is 0 Å². The Balaban J connectivity index is 1.54. The third-order valence-corrected chi connectivity index (χ3v) is 5.14. The van der Waals surface area contributed by atoms with E-state index in [0.717, 1.165) is 31.7 Å². The minimum absolute atomic E-state index is 0.163. The van der Waals surface area contributed by atoms with Crippen molar-refractivity contribution in [3.05, 3.63) is 56.1 Å². The molecule has 0 unspecified atom stereocenters. The summed E-state index contributed by atoms with van der Waals surface area (Å²) in [6.45, 7) is 5.91. The molecular formula is C17H21N3O2S. The first-order chi connectivity index (χ1) is 11.1. The van der Waals surface area contributed by atoms with Gasteiger partial charge in [-0.05, 0) is 36.9 Å². The molecule has 0 spiro atoms. The summed E-state index contributed by atoms with van der Waals surface area (Å²) in [5.41, 5.74) is 0.711. The molecule has 1 saturated heterocycles. The molecule has 0 aliphatic carbocycles. The number of hydrogen-bond donors (Lipinski definition) is 1. The van der Waals surface area contributed by atoms with E-state index in [1.165, 1.54) is 4.88 Å². The Labute approximate surface area is 139 Å². The average molecular weight is 331 g/mol. The molecule has 0 aromatic carbocycles. The quantitative estimate of drug-likeness (QED) is 0.928. The number of aromatic nitrogens is 1. The summed E-state index contributed by atoms with van der Waals surface area (Å²) in [6.07, 6.45) is 1.06. The van der Waals surface area contributed by atoms with Gasteiger partial charge in [-0.3, -0.25) is 14.5 Å². The van der Waals surface area contributed by atoms with E-state index in [-0.39, 0.29) is 17.0 Å². The number of aromatic amines is 1. The van der Waals surface area contributed by atoms with Gasteiger partial charge < -0.3 is 9.88 Å². The van der Waals surface area contributed by atoms with Crippen LogP contribution < -0.4 is 5.56 Å². The summed E-state index contributed by atoms with van der Waals surface area (Å²) in [6, 6.07) is 7.63. The summed E-state index contributed by atoms with van der Waals surface area (Å²) < 4.78 is 0. The topological polar surface area (TPSA) is 56.4 Å². The maximum Gasteiger partial charge on any atom is 0.260 e. The van der Waals surface area contributed by atoms with Crippen LogP contribution in [0.1, 0.15) is 20.9 Å². The zero-order chi connectivity index (χ0) is 16.2. The molecule has 3 rings (SSSR count). The maximum atomic E-state index is 12.5. The largest absolute Gasteiger partial charge is 0.336 e. The van der Waals surface area contributed by atoms with Crippen LogP contribution in [-0.4, -0.2) is 53.4 Å². The fourth-order valence-electron chi connectivity index (χ4n) is 2.81. The molecule has 1 N–H and O–H groups in total. The average Bonchev–Trinajstić information content (AvgIpc) is 3.06. The molecule has 0 radical (unpaired) electrons. The van der Waals surface area contributed by atoms with Crippen LogP contribution >= 0.6 is 11.3 Å². The second-order valence-electron chi connectivity index (χ2n) is 5.85. The number of nitrogens with zero attached hydrogens (tertiary/aromatic N) is 2. The van der Waals surface area contributed by atoms with Gasteiger partial charge in [0.25, 0.3) is 11.5 Å². The fourth-order valence-corrected chi connectivity index (χ4v) is 3.51. The summed E-state index contributed by atoms with van der Waals surface area (Å²) in [5, 5.41) is 2.10. The number of rotatable bonds is 4. The molecule has 1 aliphatic rings. The molecule has 1 amide bonds. The first-order valence-corrected chi connectivity index (χ1v) is 8.75. The van der Waals surface area contributed by atoms with Gasteiger partial charge in [0.1, 0.15) is 5.56 Å².